The Hall–Kier alpha value is -0.790. The van der Waals surface area contributed by atoms with Gasteiger partial charge in [0.2, 0.25) is 5.91 Å². The number of hydrogen-bond donors (Lipinski definition) is 3. The van der Waals surface area contributed by atoms with Gasteiger partial charge in [0.05, 0.1) is 11.9 Å². The molecule has 4 saturated carbocycles. The van der Waals surface area contributed by atoms with Gasteiger partial charge in [-0.1, -0.05) is 20.8 Å². The summed E-state index contributed by atoms with van der Waals surface area (Å²) in [5.74, 6) is 2.75. The molecule has 0 aromatic heterocycles. The molecule has 4 aliphatic carbocycles. The van der Waals surface area contributed by atoms with Gasteiger partial charge in [0.1, 0.15) is 0 Å². The number of fused-ring (bicyclic) bond motifs is 5. The van der Waals surface area contributed by atoms with Gasteiger partial charge in [0.15, 0.2) is 0 Å². The topological polar surface area (TPSA) is 150 Å². The molecule has 0 aromatic carbocycles. The van der Waals surface area contributed by atoms with E-state index in [0.717, 1.165) is 19.3 Å². The summed E-state index contributed by atoms with van der Waals surface area (Å²) >= 11 is 0. The second-order valence-corrected chi connectivity index (χ2v) is 16.9. The number of hydrogen-bond acceptors (Lipinski definition) is 7. The van der Waals surface area contributed by atoms with Crippen molar-refractivity contribution in [2.24, 2.45) is 46.3 Å². The first-order valence-corrected chi connectivity index (χ1v) is 18.3. The van der Waals surface area contributed by atoms with E-state index in [2.05, 4.69) is 26.1 Å². The molecule has 0 aromatic rings. The van der Waals surface area contributed by atoms with Crippen molar-refractivity contribution in [1.29, 1.82) is 0 Å². The van der Waals surface area contributed by atoms with Gasteiger partial charge in [-0.3, -0.25) is 13.9 Å². The fourth-order valence-corrected chi connectivity index (χ4v) is 10.3. The van der Waals surface area contributed by atoms with Crippen LogP contribution in [0, 0.1) is 46.3 Å². The summed E-state index contributed by atoms with van der Waals surface area (Å²) < 4.78 is 67.2. The smallest absolute Gasteiger partial charge is 0.355 e. The first-order valence-electron chi connectivity index (χ1n) is 15.3. The molecule has 4 fully saturated rings. The van der Waals surface area contributed by atoms with Crippen LogP contribution in [0.5, 0.6) is 0 Å². The molecule has 0 aliphatic heterocycles. The van der Waals surface area contributed by atoms with Crippen LogP contribution in [-0.4, -0.2) is 76.3 Å². The number of nitrogens with zero attached hydrogens (tertiary/aromatic N) is 1. The van der Waals surface area contributed by atoms with E-state index < -0.39 is 32.4 Å². The normalized spacial score (nSPS) is 37.7. The van der Waals surface area contributed by atoms with Gasteiger partial charge in [-0.25, -0.2) is 4.18 Å². The van der Waals surface area contributed by atoms with Gasteiger partial charge in [-0.15, -0.1) is 0 Å². The van der Waals surface area contributed by atoms with E-state index >= 15 is 0 Å². The van der Waals surface area contributed by atoms with Crippen LogP contribution in [0.3, 0.4) is 0 Å². The highest BCUT2D eigenvalue weighted by molar-refractivity contribution is 7.85. The number of amides is 1. The van der Waals surface area contributed by atoms with E-state index in [-0.39, 0.29) is 23.3 Å². The third-order valence-electron chi connectivity index (χ3n) is 11.1. The van der Waals surface area contributed by atoms with E-state index in [1.165, 1.54) is 32.1 Å². The molecule has 240 valence electrons. The molecule has 10 nitrogen and oxygen atoms in total. The number of rotatable bonds is 9. The van der Waals surface area contributed by atoms with Gasteiger partial charge < -0.3 is 10.2 Å². The van der Waals surface area contributed by atoms with Crippen LogP contribution in [0.25, 0.3) is 0 Å². The maximum absolute atomic E-state index is 12.2. The predicted molar refractivity (Wildman–Crippen MR) is 159 cm³/mol. The molecule has 9 atom stereocenters. The summed E-state index contributed by atoms with van der Waals surface area (Å²) in [6, 6.07) is 0. The highest BCUT2D eigenvalue weighted by atomic mass is 32.3. The van der Waals surface area contributed by atoms with Crippen molar-refractivity contribution in [2.75, 3.05) is 33.4 Å². The summed E-state index contributed by atoms with van der Waals surface area (Å²) in [6.07, 6.45) is 10.1. The minimum Gasteiger partial charge on any atom is -0.355 e. The molecule has 0 bridgehead atoms. The Bertz CT molecular complexity index is 1110. The third kappa shape index (κ3) is 8.88. The van der Waals surface area contributed by atoms with Crippen molar-refractivity contribution in [3.8, 4) is 0 Å². The predicted octanol–water partition coefficient (Wildman–Crippen LogP) is 4.43. The maximum atomic E-state index is 12.2. The SMILES string of the molecule is CN(C)C.C[C@H](CCC(=O)NCCS(=O)(=O)O)[C@H]1CC[C@H]2C3CC[C@@H]4C[C@H](OS(=O)(=O)O)CC[C@]4(C)[C@H]3CC[C@]12C. The maximum Gasteiger partial charge on any atom is 0.397 e. The lowest BCUT2D eigenvalue weighted by molar-refractivity contribution is -0.127. The average molecular weight is 623 g/mol. The van der Waals surface area contributed by atoms with Gasteiger partial charge in [-0.05, 0) is 132 Å². The molecular weight excluding hydrogens is 568 g/mol. The van der Waals surface area contributed by atoms with Crippen LogP contribution in [0.2, 0.25) is 0 Å². The summed E-state index contributed by atoms with van der Waals surface area (Å²) in [6.45, 7) is 7.07. The third-order valence-corrected chi connectivity index (χ3v) is 12.4. The molecule has 41 heavy (non-hydrogen) atoms. The molecule has 4 aliphatic rings. The fraction of sp³-hybridized carbons (Fsp3) is 0.966. The lowest BCUT2D eigenvalue weighted by atomic mass is 9.44. The zero-order valence-corrected chi connectivity index (χ0v) is 27.5. The molecule has 3 N–H and O–H groups in total. The Balaban J connectivity index is 0.00000108. The van der Waals surface area contributed by atoms with E-state index in [4.69, 9.17) is 13.3 Å². The van der Waals surface area contributed by atoms with Crippen LogP contribution in [0.4, 0.5) is 0 Å². The Morgan fingerprint density at radius 1 is 0.951 bits per heavy atom. The van der Waals surface area contributed by atoms with Crippen LogP contribution in [0.1, 0.15) is 91.4 Å². The quantitative estimate of drug-likeness (QED) is 0.317. The van der Waals surface area contributed by atoms with Crippen LogP contribution in [-0.2, 0) is 29.5 Å². The van der Waals surface area contributed by atoms with E-state index in [1.807, 2.05) is 26.0 Å². The van der Waals surface area contributed by atoms with E-state index in [0.29, 0.717) is 54.8 Å². The van der Waals surface area contributed by atoms with Crippen LogP contribution < -0.4 is 5.32 Å². The molecule has 0 spiro atoms. The van der Waals surface area contributed by atoms with Crippen molar-refractivity contribution in [2.45, 2.75) is 97.5 Å². The zero-order valence-electron chi connectivity index (χ0n) is 25.8. The van der Waals surface area contributed by atoms with E-state index in [9.17, 15) is 21.6 Å². The Labute approximate surface area is 248 Å². The second-order valence-electron chi connectivity index (χ2n) is 14.3. The number of carbonyl (C=O) groups excluding carboxylic acids is 1. The van der Waals surface area contributed by atoms with E-state index in [1.54, 1.807) is 0 Å². The van der Waals surface area contributed by atoms with Crippen molar-refractivity contribution < 1.29 is 34.9 Å². The zero-order chi connectivity index (χ0) is 30.8. The molecule has 0 heterocycles. The highest BCUT2D eigenvalue weighted by Gasteiger charge is 2.60. The number of carbonyl (C=O) groups is 1. The molecular formula is C29H54N2O8S2. The number of nitrogens with one attached hydrogen (secondary N) is 1. The largest absolute Gasteiger partial charge is 0.397 e. The summed E-state index contributed by atoms with van der Waals surface area (Å²) in [7, 11) is -2.49. The first kappa shape index (κ1) is 34.7. The Kier molecular flexibility index (Phi) is 11.4. The molecule has 4 rings (SSSR count). The molecule has 0 radical (unpaired) electrons. The van der Waals surface area contributed by atoms with Gasteiger partial charge in [0, 0.05) is 13.0 Å². The summed E-state index contributed by atoms with van der Waals surface area (Å²) in [5, 5.41) is 2.60. The Morgan fingerprint density at radius 2 is 1.56 bits per heavy atom. The van der Waals surface area contributed by atoms with Crippen molar-refractivity contribution in [1.82, 2.24) is 10.2 Å². The fourth-order valence-electron chi connectivity index (χ4n) is 9.42. The molecule has 0 saturated heterocycles. The molecule has 1 amide bonds. The van der Waals surface area contributed by atoms with Gasteiger partial charge in [0.25, 0.3) is 10.1 Å². The average Bonchev–Trinajstić information content (AvgIpc) is 3.18. The molecule has 1 unspecified atom stereocenters. The summed E-state index contributed by atoms with van der Waals surface area (Å²) in [5.41, 5.74) is 0.448. The van der Waals surface area contributed by atoms with Crippen molar-refractivity contribution >= 4 is 26.4 Å². The van der Waals surface area contributed by atoms with Crippen molar-refractivity contribution in [3.05, 3.63) is 0 Å². The van der Waals surface area contributed by atoms with Gasteiger partial charge >= 0.3 is 10.4 Å². The highest BCUT2D eigenvalue weighted by Crippen LogP contribution is 2.68. The van der Waals surface area contributed by atoms with Crippen molar-refractivity contribution in [3.63, 3.8) is 0 Å². The van der Waals surface area contributed by atoms with Gasteiger partial charge in [-0.2, -0.15) is 16.8 Å². The standard InChI is InChI=1S/C26H45NO8S2.C3H9N/c1-17(4-9-24(28)27-14-15-36(29,30)31)21-7-8-22-20-6-5-18-16-19(35-37(32,33)34)10-12-25(18,2)23(20)11-13-26(21,22)3;1-4(2)3/h17-23H,4-16H2,1-3H3,(H,27,28)(H,29,30,31)(H,32,33,34);1-3H3/t17-,18-,19-,20?,21-,22+,23+,25+,26-;/m1./s1. The Morgan fingerprint density at radius 3 is 2.17 bits per heavy atom. The lowest BCUT2D eigenvalue weighted by Crippen LogP contribution is -2.54. The summed E-state index contributed by atoms with van der Waals surface area (Å²) in [4.78, 5) is 14.2. The molecule has 12 heteroatoms. The second kappa shape index (κ2) is 13.5. The minimum atomic E-state index is -4.42. The van der Waals surface area contributed by atoms with Crippen LogP contribution in [0.15, 0.2) is 0 Å². The lowest BCUT2D eigenvalue weighted by Gasteiger charge is -2.61. The monoisotopic (exact) mass is 622 g/mol. The minimum absolute atomic E-state index is 0.0687. The first-order chi connectivity index (χ1) is 18.9. The van der Waals surface area contributed by atoms with Crippen LogP contribution >= 0.6 is 0 Å².